The Morgan fingerprint density at radius 1 is 1.16 bits per heavy atom. The SMILES string of the molecule is COC(=O)c1ccc(C=C(C#N)C(=O)Nc2cc(Cl)ccc2Cl)cc1. The van der Waals surface area contributed by atoms with Crippen molar-refractivity contribution in [3.63, 3.8) is 0 Å². The van der Waals surface area contributed by atoms with Crippen molar-refractivity contribution in [3.8, 4) is 6.07 Å². The zero-order valence-electron chi connectivity index (χ0n) is 13.0. The molecule has 5 nitrogen and oxygen atoms in total. The normalized spacial score (nSPS) is 10.7. The lowest BCUT2D eigenvalue weighted by molar-refractivity contribution is -0.112. The molecule has 25 heavy (non-hydrogen) atoms. The predicted octanol–water partition coefficient (Wildman–Crippen LogP) is 4.33. The number of carbonyl (C=O) groups excluding carboxylic acids is 2. The van der Waals surface area contributed by atoms with Gasteiger partial charge in [0.15, 0.2) is 0 Å². The second kappa shape index (κ2) is 8.34. The zero-order valence-corrected chi connectivity index (χ0v) is 14.6. The van der Waals surface area contributed by atoms with Gasteiger partial charge in [-0.05, 0) is 42.0 Å². The van der Waals surface area contributed by atoms with Crippen LogP contribution in [0.1, 0.15) is 15.9 Å². The first kappa shape index (κ1) is 18.5. The first-order valence-corrected chi connectivity index (χ1v) is 7.76. The van der Waals surface area contributed by atoms with Gasteiger partial charge in [0, 0.05) is 5.02 Å². The minimum atomic E-state index is -0.622. The van der Waals surface area contributed by atoms with E-state index in [-0.39, 0.29) is 5.57 Å². The first-order chi connectivity index (χ1) is 11.9. The molecule has 1 N–H and O–H groups in total. The maximum absolute atomic E-state index is 12.3. The van der Waals surface area contributed by atoms with Crippen LogP contribution >= 0.6 is 23.2 Å². The molecule has 0 atom stereocenters. The molecule has 0 aliphatic heterocycles. The number of nitrogens with one attached hydrogen (secondary N) is 1. The Morgan fingerprint density at radius 2 is 1.84 bits per heavy atom. The van der Waals surface area contributed by atoms with E-state index in [2.05, 4.69) is 10.1 Å². The minimum absolute atomic E-state index is 0.123. The molecule has 0 aliphatic rings. The number of nitrogens with zero attached hydrogens (tertiary/aromatic N) is 1. The number of esters is 1. The fourth-order valence-corrected chi connectivity index (χ4v) is 2.27. The second-order valence-corrected chi connectivity index (χ2v) is 5.71. The molecule has 0 aromatic heterocycles. The summed E-state index contributed by atoms with van der Waals surface area (Å²) in [6, 6.07) is 12.7. The average molecular weight is 375 g/mol. The van der Waals surface area contributed by atoms with Crippen molar-refractivity contribution in [2.45, 2.75) is 0 Å². The van der Waals surface area contributed by atoms with E-state index in [0.29, 0.717) is 26.9 Å². The molecule has 1 amide bonds. The first-order valence-electron chi connectivity index (χ1n) is 7.01. The number of anilines is 1. The molecule has 126 valence electrons. The van der Waals surface area contributed by atoms with Crippen LogP contribution in [-0.2, 0) is 9.53 Å². The Kier molecular flexibility index (Phi) is 6.18. The molecular formula is C18H12Cl2N2O3. The molecule has 0 saturated heterocycles. The number of ether oxygens (including phenoxy) is 1. The lowest BCUT2D eigenvalue weighted by Crippen LogP contribution is -2.13. The highest BCUT2D eigenvalue weighted by atomic mass is 35.5. The van der Waals surface area contributed by atoms with Crippen LogP contribution in [0.3, 0.4) is 0 Å². The third-order valence-electron chi connectivity index (χ3n) is 3.18. The summed E-state index contributed by atoms with van der Waals surface area (Å²) < 4.78 is 4.61. The van der Waals surface area contributed by atoms with Crippen molar-refractivity contribution in [1.29, 1.82) is 5.26 Å². The summed E-state index contributed by atoms with van der Waals surface area (Å²) in [5.74, 6) is -1.09. The van der Waals surface area contributed by atoms with Gasteiger partial charge in [-0.2, -0.15) is 5.26 Å². The summed E-state index contributed by atoms with van der Waals surface area (Å²) in [5, 5.41) is 12.5. The molecule has 0 fully saturated rings. The number of rotatable bonds is 4. The van der Waals surface area contributed by atoms with Crippen LogP contribution in [0.25, 0.3) is 6.08 Å². The van der Waals surface area contributed by atoms with Gasteiger partial charge in [-0.25, -0.2) is 4.79 Å². The Hall–Kier alpha value is -2.81. The molecule has 2 aromatic carbocycles. The quantitative estimate of drug-likeness (QED) is 0.490. The molecule has 0 spiro atoms. The molecule has 2 aromatic rings. The van der Waals surface area contributed by atoms with E-state index < -0.39 is 11.9 Å². The summed E-state index contributed by atoms with van der Waals surface area (Å²) in [4.78, 5) is 23.7. The fraction of sp³-hybridized carbons (Fsp3) is 0.0556. The van der Waals surface area contributed by atoms with E-state index in [1.807, 2.05) is 6.07 Å². The number of hydrogen-bond donors (Lipinski definition) is 1. The van der Waals surface area contributed by atoms with E-state index in [9.17, 15) is 14.9 Å². The lowest BCUT2D eigenvalue weighted by Gasteiger charge is -2.07. The number of amides is 1. The smallest absolute Gasteiger partial charge is 0.337 e. The van der Waals surface area contributed by atoms with Crippen LogP contribution in [0.4, 0.5) is 5.69 Å². The molecule has 2 rings (SSSR count). The van der Waals surface area contributed by atoms with Gasteiger partial charge in [-0.15, -0.1) is 0 Å². The van der Waals surface area contributed by atoms with Gasteiger partial charge in [0.25, 0.3) is 5.91 Å². The van der Waals surface area contributed by atoms with E-state index in [1.165, 1.54) is 19.3 Å². The maximum Gasteiger partial charge on any atom is 0.337 e. The largest absolute Gasteiger partial charge is 0.465 e. The average Bonchev–Trinajstić information content (AvgIpc) is 2.62. The van der Waals surface area contributed by atoms with Crippen LogP contribution in [0, 0.1) is 11.3 Å². The highest BCUT2D eigenvalue weighted by Crippen LogP contribution is 2.26. The second-order valence-electron chi connectivity index (χ2n) is 4.86. The molecule has 0 saturated carbocycles. The number of methoxy groups -OCH3 is 1. The Bertz CT molecular complexity index is 884. The number of carbonyl (C=O) groups is 2. The number of halogens is 2. The molecule has 0 aliphatic carbocycles. The third-order valence-corrected chi connectivity index (χ3v) is 3.75. The minimum Gasteiger partial charge on any atom is -0.465 e. The summed E-state index contributed by atoms with van der Waals surface area (Å²) in [5.41, 5.74) is 1.13. The van der Waals surface area contributed by atoms with E-state index in [0.717, 1.165) is 0 Å². The van der Waals surface area contributed by atoms with Gasteiger partial charge in [-0.3, -0.25) is 4.79 Å². The molecule has 7 heteroatoms. The maximum atomic E-state index is 12.3. The van der Waals surface area contributed by atoms with Gasteiger partial charge in [-0.1, -0.05) is 35.3 Å². The lowest BCUT2D eigenvalue weighted by atomic mass is 10.1. The monoisotopic (exact) mass is 374 g/mol. The van der Waals surface area contributed by atoms with E-state index in [1.54, 1.807) is 36.4 Å². The Morgan fingerprint density at radius 3 is 2.44 bits per heavy atom. The van der Waals surface area contributed by atoms with Gasteiger partial charge >= 0.3 is 5.97 Å². The van der Waals surface area contributed by atoms with Crippen molar-refractivity contribution in [1.82, 2.24) is 0 Å². The van der Waals surface area contributed by atoms with Crippen molar-refractivity contribution < 1.29 is 14.3 Å². The van der Waals surface area contributed by atoms with Gasteiger partial charge < -0.3 is 10.1 Å². The van der Waals surface area contributed by atoms with Crippen molar-refractivity contribution in [2.75, 3.05) is 12.4 Å². The Labute approximate surface area is 154 Å². The molecule has 0 unspecified atom stereocenters. The summed E-state index contributed by atoms with van der Waals surface area (Å²) in [6.07, 6.45) is 1.40. The highest BCUT2D eigenvalue weighted by molar-refractivity contribution is 6.36. The predicted molar refractivity (Wildman–Crippen MR) is 96.5 cm³/mol. The van der Waals surface area contributed by atoms with Crippen molar-refractivity contribution in [2.24, 2.45) is 0 Å². The standard InChI is InChI=1S/C18H12Cl2N2O3/c1-25-18(24)12-4-2-11(3-5-12)8-13(10-21)17(23)22-16-9-14(19)6-7-15(16)20/h2-9H,1H3,(H,22,23). The van der Waals surface area contributed by atoms with Gasteiger partial charge in [0.2, 0.25) is 0 Å². The third kappa shape index (κ3) is 4.83. The number of benzene rings is 2. The van der Waals surface area contributed by atoms with Crippen molar-refractivity contribution >= 4 is 46.8 Å². The molecule has 0 bridgehead atoms. The summed E-state index contributed by atoms with van der Waals surface area (Å²) in [7, 11) is 1.29. The van der Waals surface area contributed by atoms with Gasteiger partial charge in [0.05, 0.1) is 23.4 Å². The zero-order chi connectivity index (χ0) is 18.4. The molecular weight excluding hydrogens is 363 g/mol. The molecule has 0 radical (unpaired) electrons. The fourth-order valence-electron chi connectivity index (χ4n) is 1.93. The van der Waals surface area contributed by atoms with Crippen LogP contribution in [0.15, 0.2) is 48.0 Å². The highest BCUT2D eigenvalue weighted by Gasteiger charge is 2.12. The van der Waals surface area contributed by atoms with E-state index >= 15 is 0 Å². The van der Waals surface area contributed by atoms with Crippen LogP contribution in [0.2, 0.25) is 10.0 Å². The van der Waals surface area contributed by atoms with Crippen molar-refractivity contribution in [3.05, 3.63) is 69.2 Å². The summed E-state index contributed by atoms with van der Waals surface area (Å²) in [6.45, 7) is 0. The topological polar surface area (TPSA) is 79.2 Å². The van der Waals surface area contributed by atoms with E-state index in [4.69, 9.17) is 23.2 Å². The summed E-state index contributed by atoms with van der Waals surface area (Å²) >= 11 is 11.9. The van der Waals surface area contributed by atoms with Crippen LogP contribution < -0.4 is 5.32 Å². The number of nitriles is 1. The van der Waals surface area contributed by atoms with Gasteiger partial charge in [0.1, 0.15) is 11.6 Å². The van der Waals surface area contributed by atoms with Crippen LogP contribution in [-0.4, -0.2) is 19.0 Å². The Balaban J connectivity index is 2.22. The molecule has 0 heterocycles. The number of hydrogen-bond acceptors (Lipinski definition) is 4. The van der Waals surface area contributed by atoms with Crippen LogP contribution in [0.5, 0.6) is 0 Å².